The Kier molecular flexibility index (Phi) is 3.02. The van der Waals surface area contributed by atoms with Crippen molar-refractivity contribution in [2.45, 2.75) is 0 Å². The zero-order chi connectivity index (χ0) is 5.82. The summed E-state index contributed by atoms with van der Waals surface area (Å²) in [6.07, 6.45) is 0. The fourth-order valence-corrected chi connectivity index (χ4v) is 0.905. The standard InChI is InChI=1S/C6H6N.Eu/c7-6-4-2-1-3-5-6;/h1-5,7H;/q-1;+1. The molecule has 1 rings (SSSR count). The Balaban J connectivity index is 2.83. The second kappa shape index (κ2) is 3.60. The van der Waals surface area contributed by atoms with Crippen LogP contribution in [-0.2, 0) is 0 Å². The van der Waals surface area contributed by atoms with Crippen LogP contribution in [0.3, 0.4) is 0 Å². The van der Waals surface area contributed by atoms with E-state index in [0.717, 1.165) is 0 Å². The van der Waals surface area contributed by atoms with Crippen LogP contribution in [0.25, 0.3) is 0 Å². The Morgan fingerprint density at radius 3 is 2.12 bits per heavy atom. The summed E-state index contributed by atoms with van der Waals surface area (Å²) in [5.41, 5.74) is 1.18. The number of rotatable bonds is 1. The minimum absolute atomic E-state index is 1.18. The molecule has 2 heteroatoms. The van der Waals surface area contributed by atoms with Crippen molar-refractivity contribution in [3.8, 4) is 0 Å². The third-order valence-electron chi connectivity index (χ3n) is 0.883. The van der Waals surface area contributed by atoms with E-state index >= 15 is 0 Å². The molecule has 0 unspecified atom stereocenters. The predicted octanol–water partition coefficient (Wildman–Crippen LogP) is 1.56. The summed E-state index contributed by atoms with van der Waals surface area (Å²) in [7, 11) is 0. The Bertz CT molecular complexity index is 150. The van der Waals surface area contributed by atoms with Gasteiger partial charge in [0, 0.05) is 0 Å². The van der Waals surface area contributed by atoms with Crippen molar-refractivity contribution < 1.29 is 47.5 Å². The fraction of sp³-hybridized carbons (Fsp3) is 0. The molecule has 0 heterocycles. The van der Waals surface area contributed by atoms with Gasteiger partial charge in [0.15, 0.2) is 0 Å². The van der Waals surface area contributed by atoms with Crippen LogP contribution in [0.5, 0.6) is 0 Å². The first-order valence-electron chi connectivity index (χ1n) is 2.35. The van der Waals surface area contributed by atoms with E-state index in [-0.39, 0.29) is 0 Å². The fourth-order valence-electron chi connectivity index (χ4n) is 0.501. The molecule has 0 aromatic heterocycles. The van der Waals surface area contributed by atoms with Crippen molar-refractivity contribution in [1.82, 2.24) is 0 Å². The van der Waals surface area contributed by atoms with Gasteiger partial charge < -0.3 is 0 Å². The van der Waals surface area contributed by atoms with Gasteiger partial charge in [0.25, 0.3) is 0 Å². The topological polar surface area (TPSA) is 12.0 Å². The van der Waals surface area contributed by atoms with Gasteiger partial charge in [-0.2, -0.15) is 0 Å². The number of para-hydroxylation sites is 1. The predicted molar refractivity (Wildman–Crippen MR) is 30.1 cm³/mol. The molecule has 8 heavy (non-hydrogen) atoms. The van der Waals surface area contributed by atoms with E-state index in [1.165, 1.54) is 5.69 Å². The van der Waals surface area contributed by atoms with Crippen LogP contribution in [0.15, 0.2) is 30.3 Å². The summed E-state index contributed by atoms with van der Waals surface area (Å²) < 4.78 is 3.08. The van der Waals surface area contributed by atoms with E-state index in [4.69, 9.17) is 0 Å². The first-order chi connectivity index (χ1) is 3.93. The van der Waals surface area contributed by atoms with Crippen LogP contribution < -0.4 is 0.262 Å². The van der Waals surface area contributed by atoms with E-state index in [2.05, 4.69) is 0.262 Å². The summed E-state index contributed by atoms with van der Waals surface area (Å²) in [6.45, 7) is 0. The quantitative estimate of drug-likeness (QED) is 0.790. The Morgan fingerprint density at radius 2 is 1.75 bits per heavy atom. The van der Waals surface area contributed by atoms with Crippen molar-refractivity contribution in [1.29, 1.82) is 0 Å². The van der Waals surface area contributed by atoms with Crippen LogP contribution in [0.4, 0.5) is 5.69 Å². The average Bonchev–Trinajstić information content (AvgIpc) is 1.90. The van der Waals surface area contributed by atoms with Crippen molar-refractivity contribution in [3.63, 3.8) is 0 Å². The van der Waals surface area contributed by atoms with Crippen LogP contribution in [-0.4, -0.2) is 0 Å². The van der Waals surface area contributed by atoms with Gasteiger partial charge in [-0.3, -0.25) is 0 Å². The number of benzene rings is 1. The van der Waals surface area contributed by atoms with Crippen LogP contribution >= 0.6 is 0 Å². The van der Waals surface area contributed by atoms with Gasteiger partial charge in [0.05, 0.1) is 0 Å². The molecule has 0 aliphatic heterocycles. The first kappa shape index (κ1) is 6.72. The van der Waals surface area contributed by atoms with Crippen LogP contribution in [0.2, 0.25) is 0 Å². The summed E-state index contributed by atoms with van der Waals surface area (Å²) in [4.78, 5) is 0. The van der Waals surface area contributed by atoms with Gasteiger partial charge in [-0.15, -0.1) is 0 Å². The number of hydrogen-bond acceptors (Lipinski definition) is 1. The van der Waals surface area contributed by atoms with E-state index in [9.17, 15) is 0 Å². The molecule has 0 saturated carbocycles. The maximum atomic E-state index is 3.08. The molecule has 0 fully saturated rings. The monoisotopic (exact) mass is 245 g/mol. The normalized spacial score (nSPS) is 8.62. The molecule has 1 nitrogen and oxygen atoms in total. The second-order valence-corrected chi connectivity index (χ2v) is 2.07. The van der Waals surface area contributed by atoms with Gasteiger partial charge in [0.1, 0.15) is 0 Å². The van der Waals surface area contributed by atoms with E-state index < -0.39 is 0 Å². The first-order valence-corrected chi connectivity index (χ1v) is 3.56. The van der Waals surface area contributed by atoms with Crippen LogP contribution in [0, 0.1) is 47.5 Å². The zero-order valence-corrected chi connectivity index (χ0v) is 6.69. The van der Waals surface area contributed by atoms with Crippen molar-refractivity contribution in [3.05, 3.63) is 30.3 Å². The third-order valence-corrected chi connectivity index (χ3v) is 1.58. The number of hydrogen-bond donors (Lipinski definition) is 1. The molecule has 0 amide bonds. The van der Waals surface area contributed by atoms with E-state index in [1.54, 1.807) is 47.5 Å². The summed E-state index contributed by atoms with van der Waals surface area (Å²) >= 11 is 1.56. The molecule has 0 atom stereocenters. The van der Waals surface area contributed by atoms with Gasteiger partial charge >= 0.3 is 83.7 Å². The average molecular weight is 244 g/mol. The molecule has 0 aliphatic carbocycles. The number of nitrogens with one attached hydrogen (secondary N) is 1. The summed E-state index contributed by atoms with van der Waals surface area (Å²) in [5, 5.41) is 0. The molecule has 1 aromatic rings. The molecular weight excluding hydrogens is 238 g/mol. The van der Waals surface area contributed by atoms with Gasteiger partial charge in [0.2, 0.25) is 0 Å². The summed E-state index contributed by atoms with van der Waals surface area (Å²) in [5.74, 6) is 0. The zero-order valence-electron chi connectivity index (χ0n) is 4.26. The Hall–Kier alpha value is 0.604. The van der Waals surface area contributed by atoms with Crippen LogP contribution in [0.1, 0.15) is 0 Å². The van der Waals surface area contributed by atoms with Crippen molar-refractivity contribution >= 4 is 5.69 Å². The molecule has 0 bridgehead atoms. The van der Waals surface area contributed by atoms with Gasteiger partial charge in [-0.05, 0) is 0 Å². The second-order valence-electron chi connectivity index (χ2n) is 1.46. The van der Waals surface area contributed by atoms with E-state index in [1.807, 2.05) is 30.3 Å². The van der Waals surface area contributed by atoms with E-state index in [0.29, 0.717) is 0 Å². The molecule has 1 aromatic carbocycles. The SMILES string of the molecule is [Eu][NH]c1ccccc1. The molecule has 0 aliphatic rings. The molecule has 42 valence electrons. The number of anilines is 1. The maximum absolute atomic E-state index is 3.08. The van der Waals surface area contributed by atoms with Crippen molar-refractivity contribution in [2.24, 2.45) is 0 Å². The Labute approximate surface area is 82.4 Å². The van der Waals surface area contributed by atoms with Crippen molar-refractivity contribution in [2.75, 3.05) is 0.262 Å². The van der Waals surface area contributed by atoms with Gasteiger partial charge in [-0.25, -0.2) is 0 Å². The van der Waals surface area contributed by atoms with Gasteiger partial charge in [-0.1, -0.05) is 0 Å². The minimum atomic E-state index is 1.18. The molecule has 1 N–H and O–H groups in total. The Morgan fingerprint density at radius 1 is 1.12 bits per heavy atom. The molecular formula is C6H6EuN. The molecule has 0 radical (unpaired) electrons. The molecule has 0 spiro atoms. The molecule has 0 saturated heterocycles. The summed E-state index contributed by atoms with van der Waals surface area (Å²) in [6, 6.07) is 10.1. The third kappa shape index (κ3) is 1.84.